The predicted molar refractivity (Wildman–Crippen MR) is 70.6 cm³/mol. The van der Waals surface area contributed by atoms with Gasteiger partial charge in [0.15, 0.2) is 5.82 Å². The first-order valence-electron chi connectivity index (χ1n) is 5.16. The Bertz CT molecular complexity index is 633. The second-order valence-electron chi connectivity index (χ2n) is 3.66. The van der Waals surface area contributed by atoms with E-state index in [1.54, 1.807) is 6.07 Å². The van der Waals surface area contributed by atoms with Gasteiger partial charge in [0.25, 0.3) is 0 Å². The van der Waals surface area contributed by atoms with Crippen molar-refractivity contribution >= 4 is 28.9 Å². The van der Waals surface area contributed by atoms with E-state index in [9.17, 15) is 0 Å². The van der Waals surface area contributed by atoms with Crippen LogP contribution in [-0.2, 0) is 0 Å². The number of aryl methyl sites for hydroxylation is 1. The van der Waals surface area contributed by atoms with Crippen LogP contribution in [0.4, 0.5) is 17.3 Å². The normalized spacial score (nSPS) is 9.83. The molecule has 6 heteroatoms. The number of anilines is 3. The zero-order valence-electron chi connectivity index (χ0n) is 9.61. The lowest BCUT2D eigenvalue weighted by Gasteiger charge is -2.10. The number of nitriles is 1. The minimum atomic E-state index is 0.195. The Morgan fingerprint density at radius 3 is 2.89 bits per heavy atom. The van der Waals surface area contributed by atoms with Crippen molar-refractivity contribution in [1.29, 1.82) is 5.26 Å². The second-order valence-corrected chi connectivity index (χ2v) is 4.03. The monoisotopic (exact) mass is 259 g/mol. The first kappa shape index (κ1) is 12.1. The summed E-state index contributed by atoms with van der Waals surface area (Å²) in [4.78, 5) is 7.77. The van der Waals surface area contributed by atoms with Gasteiger partial charge in [-0.15, -0.1) is 0 Å². The third-order valence-electron chi connectivity index (χ3n) is 2.45. The highest BCUT2D eigenvalue weighted by Crippen LogP contribution is 2.28. The number of nitrogens with zero attached hydrogens (tertiary/aromatic N) is 3. The van der Waals surface area contributed by atoms with Gasteiger partial charge in [-0.1, -0.05) is 23.7 Å². The molecule has 0 bridgehead atoms. The summed E-state index contributed by atoms with van der Waals surface area (Å²) in [6.07, 6.45) is 1.31. The predicted octanol–water partition coefficient (Wildman–Crippen LogP) is 2.64. The fourth-order valence-electron chi connectivity index (χ4n) is 1.52. The molecule has 5 nitrogen and oxygen atoms in total. The van der Waals surface area contributed by atoms with E-state index in [-0.39, 0.29) is 10.8 Å². The van der Waals surface area contributed by atoms with Crippen LogP contribution in [0.15, 0.2) is 24.5 Å². The van der Waals surface area contributed by atoms with E-state index in [1.807, 2.05) is 19.1 Å². The summed E-state index contributed by atoms with van der Waals surface area (Å²) in [7, 11) is 0. The number of nitrogens with one attached hydrogen (secondary N) is 1. The van der Waals surface area contributed by atoms with Crippen LogP contribution in [0.5, 0.6) is 0 Å². The van der Waals surface area contributed by atoms with Crippen molar-refractivity contribution in [2.75, 3.05) is 11.1 Å². The Morgan fingerprint density at radius 1 is 1.39 bits per heavy atom. The molecule has 2 rings (SSSR count). The Hall–Kier alpha value is -2.32. The van der Waals surface area contributed by atoms with Crippen LogP contribution in [0.25, 0.3) is 0 Å². The average Bonchev–Trinajstić information content (AvgIpc) is 2.35. The summed E-state index contributed by atoms with van der Waals surface area (Å²) in [5.74, 6) is 0.576. The molecule has 0 aliphatic rings. The van der Waals surface area contributed by atoms with Crippen molar-refractivity contribution in [3.8, 4) is 6.07 Å². The van der Waals surface area contributed by atoms with E-state index >= 15 is 0 Å². The van der Waals surface area contributed by atoms with Crippen molar-refractivity contribution in [2.45, 2.75) is 6.92 Å². The first-order valence-corrected chi connectivity index (χ1v) is 5.54. The van der Waals surface area contributed by atoms with Crippen LogP contribution in [0.2, 0.25) is 5.02 Å². The quantitative estimate of drug-likeness (QED) is 0.866. The Balaban J connectivity index is 2.44. The van der Waals surface area contributed by atoms with Gasteiger partial charge in [-0.05, 0) is 18.6 Å². The highest BCUT2D eigenvalue weighted by molar-refractivity contribution is 6.35. The van der Waals surface area contributed by atoms with Crippen molar-refractivity contribution < 1.29 is 0 Å². The van der Waals surface area contributed by atoms with Crippen LogP contribution >= 0.6 is 11.6 Å². The molecule has 1 heterocycles. The zero-order chi connectivity index (χ0) is 13.1. The maximum absolute atomic E-state index is 9.12. The molecule has 2 aromatic rings. The maximum atomic E-state index is 9.12. The Kier molecular flexibility index (Phi) is 3.31. The summed E-state index contributed by atoms with van der Waals surface area (Å²) >= 11 is 5.98. The molecule has 0 amide bonds. The van der Waals surface area contributed by atoms with Crippen molar-refractivity contribution in [3.63, 3.8) is 0 Å². The third kappa shape index (κ3) is 2.19. The van der Waals surface area contributed by atoms with Crippen molar-refractivity contribution in [1.82, 2.24) is 9.97 Å². The molecule has 0 radical (unpaired) electrons. The number of nitrogens with two attached hydrogens (primary N) is 1. The highest BCUT2D eigenvalue weighted by Gasteiger charge is 2.10. The lowest BCUT2D eigenvalue weighted by atomic mass is 10.1. The van der Waals surface area contributed by atoms with Gasteiger partial charge in [0.05, 0.1) is 11.3 Å². The molecule has 0 fully saturated rings. The number of nitrogen functional groups attached to an aromatic ring is 1. The molecular weight excluding hydrogens is 250 g/mol. The summed E-state index contributed by atoms with van der Waals surface area (Å²) in [5.41, 5.74) is 7.65. The highest BCUT2D eigenvalue weighted by atomic mass is 35.5. The SMILES string of the molecule is Cc1cccc(Nc2ncnc(N)c2Cl)c1C#N. The lowest BCUT2D eigenvalue weighted by Crippen LogP contribution is -2.01. The third-order valence-corrected chi connectivity index (χ3v) is 2.83. The number of hydrogen-bond acceptors (Lipinski definition) is 5. The minimum Gasteiger partial charge on any atom is -0.382 e. The topological polar surface area (TPSA) is 87.6 Å². The van der Waals surface area contributed by atoms with Crippen LogP contribution in [-0.4, -0.2) is 9.97 Å². The van der Waals surface area contributed by atoms with Crippen molar-refractivity contribution in [2.24, 2.45) is 0 Å². The molecule has 3 N–H and O–H groups in total. The van der Waals surface area contributed by atoms with Gasteiger partial charge >= 0.3 is 0 Å². The first-order chi connectivity index (χ1) is 8.63. The van der Waals surface area contributed by atoms with Gasteiger partial charge in [0, 0.05) is 0 Å². The minimum absolute atomic E-state index is 0.195. The molecule has 90 valence electrons. The van der Waals surface area contributed by atoms with E-state index < -0.39 is 0 Å². The van der Waals surface area contributed by atoms with Crippen LogP contribution in [0, 0.1) is 18.3 Å². The Morgan fingerprint density at radius 2 is 2.17 bits per heavy atom. The maximum Gasteiger partial charge on any atom is 0.154 e. The number of aromatic nitrogens is 2. The lowest BCUT2D eigenvalue weighted by molar-refractivity contribution is 1.17. The van der Waals surface area contributed by atoms with Gasteiger partial charge in [0.2, 0.25) is 0 Å². The summed E-state index contributed by atoms with van der Waals surface area (Å²) in [6, 6.07) is 7.62. The molecule has 0 aliphatic heterocycles. The average molecular weight is 260 g/mol. The van der Waals surface area contributed by atoms with Gasteiger partial charge in [-0.25, -0.2) is 9.97 Å². The largest absolute Gasteiger partial charge is 0.382 e. The van der Waals surface area contributed by atoms with Crippen LogP contribution < -0.4 is 11.1 Å². The van der Waals surface area contributed by atoms with E-state index in [4.69, 9.17) is 22.6 Å². The molecule has 0 saturated heterocycles. The van der Waals surface area contributed by atoms with Gasteiger partial charge in [-0.2, -0.15) is 5.26 Å². The molecule has 0 saturated carbocycles. The summed E-state index contributed by atoms with van der Waals surface area (Å²) < 4.78 is 0. The number of halogens is 1. The standard InChI is InChI=1S/C12H10ClN5/c1-7-3-2-4-9(8(7)5-14)18-12-10(13)11(15)16-6-17-12/h2-4,6H,1H3,(H3,15,16,17,18). The molecule has 1 aromatic carbocycles. The van der Waals surface area contributed by atoms with Gasteiger partial charge in [-0.3, -0.25) is 0 Å². The molecule has 18 heavy (non-hydrogen) atoms. The smallest absolute Gasteiger partial charge is 0.154 e. The van der Waals surface area contributed by atoms with E-state index in [2.05, 4.69) is 21.4 Å². The second kappa shape index (κ2) is 4.90. The summed E-state index contributed by atoms with van der Waals surface area (Å²) in [5, 5.41) is 12.3. The molecule has 0 atom stereocenters. The number of hydrogen-bond donors (Lipinski definition) is 2. The van der Waals surface area contributed by atoms with Gasteiger partial charge in [0.1, 0.15) is 23.2 Å². The fraction of sp³-hybridized carbons (Fsp3) is 0.0833. The summed E-state index contributed by atoms with van der Waals surface area (Å²) in [6.45, 7) is 1.86. The Labute approximate surface area is 109 Å². The van der Waals surface area contributed by atoms with Gasteiger partial charge < -0.3 is 11.1 Å². The number of rotatable bonds is 2. The molecule has 0 unspecified atom stereocenters. The zero-order valence-corrected chi connectivity index (χ0v) is 10.4. The fourth-order valence-corrected chi connectivity index (χ4v) is 1.66. The van der Waals surface area contributed by atoms with Crippen molar-refractivity contribution in [3.05, 3.63) is 40.7 Å². The number of benzene rings is 1. The van der Waals surface area contributed by atoms with E-state index in [0.29, 0.717) is 17.1 Å². The van der Waals surface area contributed by atoms with Crippen LogP contribution in [0.1, 0.15) is 11.1 Å². The van der Waals surface area contributed by atoms with E-state index in [1.165, 1.54) is 6.33 Å². The molecule has 0 spiro atoms. The molecular formula is C12H10ClN5. The van der Waals surface area contributed by atoms with E-state index in [0.717, 1.165) is 5.56 Å². The van der Waals surface area contributed by atoms with Crippen LogP contribution in [0.3, 0.4) is 0 Å². The molecule has 0 aliphatic carbocycles. The molecule has 1 aromatic heterocycles.